The van der Waals surface area contributed by atoms with E-state index in [-0.39, 0.29) is 30.7 Å². The van der Waals surface area contributed by atoms with Crippen LogP contribution in [0.15, 0.2) is 36.7 Å². The lowest BCUT2D eigenvalue weighted by Crippen LogP contribution is -2.48. The number of benzene rings is 1. The summed E-state index contributed by atoms with van der Waals surface area (Å²) in [5.74, 6) is 0.446. The lowest BCUT2D eigenvalue weighted by molar-refractivity contribution is -0.133. The number of anilines is 1. The van der Waals surface area contributed by atoms with E-state index in [2.05, 4.69) is 4.98 Å². The van der Waals surface area contributed by atoms with E-state index in [0.29, 0.717) is 57.1 Å². The molecule has 0 unspecified atom stereocenters. The zero-order valence-electron chi connectivity index (χ0n) is 15.3. The maximum atomic E-state index is 12.9. The van der Waals surface area contributed by atoms with Gasteiger partial charge in [0.1, 0.15) is 5.82 Å². The van der Waals surface area contributed by atoms with Crippen molar-refractivity contribution in [1.82, 2.24) is 19.4 Å². The molecule has 3 rings (SSSR count). The van der Waals surface area contributed by atoms with Crippen LogP contribution in [0.5, 0.6) is 0 Å². The number of nitrogens with zero attached hydrogens (tertiary/aromatic N) is 4. The van der Waals surface area contributed by atoms with Gasteiger partial charge in [0, 0.05) is 50.7 Å². The van der Waals surface area contributed by atoms with Crippen molar-refractivity contribution in [3.05, 3.63) is 48.0 Å². The van der Waals surface area contributed by atoms with Gasteiger partial charge in [0.2, 0.25) is 5.91 Å². The van der Waals surface area contributed by atoms with Gasteiger partial charge in [-0.05, 0) is 18.1 Å². The Hall–Kier alpha value is -1.90. The first-order valence-corrected chi connectivity index (χ1v) is 8.68. The lowest BCUT2D eigenvalue weighted by Gasteiger charge is -2.34. The molecule has 0 aliphatic carbocycles. The van der Waals surface area contributed by atoms with Crippen molar-refractivity contribution in [2.24, 2.45) is 0 Å². The average molecular weight is 436 g/mol. The highest BCUT2D eigenvalue weighted by molar-refractivity contribution is 5.85. The minimum Gasteiger partial charge on any atom is -0.399 e. The first-order valence-electron chi connectivity index (χ1n) is 8.68. The maximum absolute atomic E-state index is 12.9. The standard InChI is InChI=1S/C18H23F2N5O.2ClH/c19-18(20)25-8-7-22-16(25)13-23-9-11-24(12-10-23)17(26)6-5-14-3-1-2-4-15(14)21;;/h1-4,7-8,18H,5-6,9-13,21H2;2*1H. The summed E-state index contributed by atoms with van der Waals surface area (Å²) in [6, 6.07) is 7.56. The number of hydrogen-bond donors (Lipinski definition) is 1. The summed E-state index contributed by atoms with van der Waals surface area (Å²) in [5, 5.41) is 0. The van der Waals surface area contributed by atoms with Crippen molar-refractivity contribution in [3.63, 3.8) is 0 Å². The largest absolute Gasteiger partial charge is 0.399 e. The molecule has 1 amide bonds. The van der Waals surface area contributed by atoms with Gasteiger partial charge in [-0.1, -0.05) is 18.2 Å². The second-order valence-electron chi connectivity index (χ2n) is 6.38. The molecule has 6 nitrogen and oxygen atoms in total. The number of alkyl halides is 2. The Bertz CT molecular complexity index is 751. The number of nitrogen functional groups attached to an aromatic ring is 1. The number of piperazine rings is 1. The van der Waals surface area contributed by atoms with Gasteiger partial charge in [0.25, 0.3) is 0 Å². The van der Waals surface area contributed by atoms with Gasteiger partial charge in [-0.15, -0.1) is 24.8 Å². The van der Waals surface area contributed by atoms with Crippen molar-refractivity contribution >= 4 is 36.4 Å². The van der Waals surface area contributed by atoms with Crippen LogP contribution in [0, 0.1) is 0 Å². The highest BCUT2D eigenvalue weighted by Crippen LogP contribution is 2.16. The van der Waals surface area contributed by atoms with Crippen LogP contribution in [0.1, 0.15) is 24.4 Å². The predicted octanol–water partition coefficient (Wildman–Crippen LogP) is 2.98. The Kier molecular flexibility index (Phi) is 9.64. The molecule has 28 heavy (non-hydrogen) atoms. The van der Waals surface area contributed by atoms with E-state index in [4.69, 9.17) is 5.73 Å². The number of rotatable bonds is 6. The smallest absolute Gasteiger partial charge is 0.319 e. The number of aryl methyl sites for hydroxylation is 1. The number of carbonyl (C=O) groups is 1. The monoisotopic (exact) mass is 435 g/mol. The third-order valence-corrected chi connectivity index (χ3v) is 4.71. The molecule has 2 aromatic rings. The van der Waals surface area contributed by atoms with Gasteiger partial charge in [-0.2, -0.15) is 8.78 Å². The van der Waals surface area contributed by atoms with Gasteiger partial charge in [0.05, 0.1) is 6.54 Å². The number of aromatic nitrogens is 2. The van der Waals surface area contributed by atoms with E-state index in [1.807, 2.05) is 34.1 Å². The van der Waals surface area contributed by atoms with E-state index in [1.165, 1.54) is 12.4 Å². The fourth-order valence-electron chi connectivity index (χ4n) is 3.16. The quantitative estimate of drug-likeness (QED) is 0.708. The fraction of sp³-hybridized carbons (Fsp3) is 0.444. The van der Waals surface area contributed by atoms with Crippen LogP contribution >= 0.6 is 24.8 Å². The van der Waals surface area contributed by atoms with E-state index in [1.54, 1.807) is 0 Å². The van der Waals surface area contributed by atoms with Crippen LogP contribution < -0.4 is 5.73 Å². The van der Waals surface area contributed by atoms with Crippen LogP contribution in [0.25, 0.3) is 0 Å². The van der Waals surface area contributed by atoms with Gasteiger partial charge in [0.15, 0.2) is 0 Å². The van der Waals surface area contributed by atoms with E-state index >= 15 is 0 Å². The van der Waals surface area contributed by atoms with Gasteiger partial charge in [-0.3, -0.25) is 14.3 Å². The second-order valence-corrected chi connectivity index (χ2v) is 6.38. The summed E-state index contributed by atoms with van der Waals surface area (Å²) in [6.07, 6.45) is 3.72. The normalized spacial score (nSPS) is 14.5. The van der Waals surface area contributed by atoms with Crippen LogP contribution in [0.2, 0.25) is 0 Å². The number of para-hydroxylation sites is 1. The van der Waals surface area contributed by atoms with Crippen LogP contribution in [-0.4, -0.2) is 51.4 Å². The topological polar surface area (TPSA) is 67.4 Å². The molecular formula is C18H25Cl2F2N5O. The van der Waals surface area contributed by atoms with Crippen LogP contribution in [-0.2, 0) is 17.8 Å². The van der Waals surface area contributed by atoms with E-state index < -0.39 is 6.55 Å². The molecule has 10 heteroatoms. The van der Waals surface area contributed by atoms with Crippen molar-refractivity contribution in [2.75, 3.05) is 31.9 Å². The average Bonchev–Trinajstić information content (AvgIpc) is 3.10. The molecule has 0 spiro atoms. The molecule has 1 aromatic carbocycles. The van der Waals surface area contributed by atoms with E-state index in [0.717, 1.165) is 10.1 Å². The molecule has 1 aromatic heterocycles. The minimum absolute atomic E-state index is 0. The van der Waals surface area contributed by atoms with Gasteiger partial charge in [-0.25, -0.2) is 4.98 Å². The van der Waals surface area contributed by atoms with Crippen LogP contribution in [0.3, 0.4) is 0 Å². The molecule has 0 saturated carbocycles. The fourth-order valence-corrected chi connectivity index (χ4v) is 3.16. The minimum atomic E-state index is -2.58. The van der Waals surface area contributed by atoms with Crippen molar-refractivity contribution in [2.45, 2.75) is 25.9 Å². The van der Waals surface area contributed by atoms with Crippen molar-refractivity contribution in [3.8, 4) is 0 Å². The summed E-state index contributed by atoms with van der Waals surface area (Å²) >= 11 is 0. The molecule has 0 radical (unpaired) electrons. The zero-order valence-corrected chi connectivity index (χ0v) is 17.0. The maximum Gasteiger partial charge on any atom is 0.319 e. The number of hydrogen-bond acceptors (Lipinski definition) is 4. The Labute approximate surface area is 175 Å². The Morgan fingerprint density at radius 1 is 1.14 bits per heavy atom. The Morgan fingerprint density at radius 2 is 1.82 bits per heavy atom. The molecule has 1 saturated heterocycles. The molecule has 2 N–H and O–H groups in total. The number of nitrogens with two attached hydrogens (primary N) is 1. The summed E-state index contributed by atoms with van der Waals surface area (Å²) < 4.78 is 26.6. The summed E-state index contributed by atoms with van der Waals surface area (Å²) in [7, 11) is 0. The molecule has 0 bridgehead atoms. The third-order valence-electron chi connectivity index (χ3n) is 4.71. The zero-order chi connectivity index (χ0) is 18.5. The highest BCUT2D eigenvalue weighted by Gasteiger charge is 2.22. The number of imidazole rings is 1. The first-order chi connectivity index (χ1) is 12.5. The SMILES string of the molecule is Cl.Cl.Nc1ccccc1CCC(=O)N1CCN(Cc2nccn2C(F)F)CC1. The summed E-state index contributed by atoms with van der Waals surface area (Å²) in [4.78, 5) is 20.3. The number of halogens is 4. The molecule has 1 fully saturated rings. The van der Waals surface area contributed by atoms with Crippen LogP contribution in [0.4, 0.5) is 14.5 Å². The molecule has 0 atom stereocenters. The molecule has 1 aliphatic rings. The first kappa shape index (κ1) is 24.1. The molecule has 156 valence electrons. The predicted molar refractivity (Wildman–Crippen MR) is 109 cm³/mol. The Morgan fingerprint density at radius 3 is 2.46 bits per heavy atom. The Balaban J connectivity index is 0.00000196. The van der Waals surface area contributed by atoms with Gasteiger partial charge < -0.3 is 10.6 Å². The molecule has 1 aliphatic heterocycles. The molecular weight excluding hydrogens is 411 g/mol. The third kappa shape index (κ3) is 6.05. The second kappa shape index (κ2) is 11.2. The summed E-state index contributed by atoms with van der Waals surface area (Å²) in [5.41, 5.74) is 7.60. The van der Waals surface area contributed by atoms with Crippen molar-refractivity contribution < 1.29 is 13.6 Å². The van der Waals surface area contributed by atoms with E-state index in [9.17, 15) is 13.6 Å². The highest BCUT2D eigenvalue weighted by atomic mass is 35.5. The lowest BCUT2D eigenvalue weighted by atomic mass is 10.1. The van der Waals surface area contributed by atoms with Crippen molar-refractivity contribution in [1.29, 1.82) is 0 Å². The molecule has 2 heterocycles. The number of carbonyl (C=O) groups excluding carboxylic acids is 1. The summed E-state index contributed by atoms with van der Waals surface area (Å²) in [6.45, 7) is 0.266. The number of amides is 1. The van der Waals surface area contributed by atoms with Gasteiger partial charge >= 0.3 is 6.55 Å².